The maximum absolute atomic E-state index is 5.78. The summed E-state index contributed by atoms with van der Waals surface area (Å²) in [6.45, 7) is 11.1. The van der Waals surface area contributed by atoms with Crippen LogP contribution in [-0.4, -0.2) is 43.2 Å². The first-order valence-corrected chi connectivity index (χ1v) is 5.31. The minimum atomic E-state index is 0.297. The first kappa shape index (κ1) is 11.0. The van der Waals surface area contributed by atoms with Gasteiger partial charge in [0.25, 0.3) is 0 Å². The van der Waals surface area contributed by atoms with Gasteiger partial charge in [0.2, 0.25) is 0 Å². The van der Waals surface area contributed by atoms with Crippen LogP contribution in [0.5, 0.6) is 0 Å². The molecule has 1 heterocycles. The maximum Gasteiger partial charge on any atom is 0.0218 e. The molecule has 0 aromatic heterocycles. The van der Waals surface area contributed by atoms with E-state index in [-0.39, 0.29) is 0 Å². The lowest BCUT2D eigenvalue weighted by molar-refractivity contribution is 0.169. The normalized spacial score (nSPS) is 27.9. The topological polar surface area (TPSA) is 41.3 Å². The summed E-state index contributed by atoms with van der Waals surface area (Å²) in [5, 5.41) is 3.54. The minimum absolute atomic E-state index is 0.297. The fourth-order valence-electron chi connectivity index (χ4n) is 1.86. The molecule has 2 atom stereocenters. The molecule has 1 fully saturated rings. The molecule has 1 saturated heterocycles. The van der Waals surface area contributed by atoms with Crippen molar-refractivity contribution in [2.45, 2.75) is 32.9 Å². The predicted molar refractivity (Wildman–Crippen MR) is 56.7 cm³/mol. The van der Waals surface area contributed by atoms with Gasteiger partial charge in [0.05, 0.1) is 0 Å². The van der Waals surface area contributed by atoms with Crippen LogP contribution in [0, 0.1) is 5.92 Å². The van der Waals surface area contributed by atoms with Crippen LogP contribution >= 0.6 is 0 Å². The summed E-state index contributed by atoms with van der Waals surface area (Å²) in [5.41, 5.74) is 5.78. The zero-order valence-corrected chi connectivity index (χ0v) is 9.09. The minimum Gasteiger partial charge on any atom is -0.327 e. The molecule has 78 valence electrons. The SMILES string of the molecule is CC(N)CN1CCN[C@@H](C(C)C)C1. The summed E-state index contributed by atoms with van der Waals surface area (Å²) in [6.07, 6.45) is 0. The average molecular weight is 185 g/mol. The lowest BCUT2D eigenvalue weighted by atomic mass is 10.0. The Bertz CT molecular complexity index is 145. The zero-order valence-electron chi connectivity index (χ0n) is 9.09. The maximum atomic E-state index is 5.78. The monoisotopic (exact) mass is 185 g/mol. The highest BCUT2D eigenvalue weighted by atomic mass is 15.2. The Labute approximate surface area is 81.7 Å². The smallest absolute Gasteiger partial charge is 0.0218 e. The molecule has 0 amide bonds. The van der Waals surface area contributed by atoms with Gasteiger partial charge in [0, 0.05) is 38.3 Å². The van der Waals surface area contributed by atoms with Crippen LogP contribution in [0.1, 0.15) is 20.8 Å². The second-order valence-electron chi connectivity index (χ2n) is 4.54. The van der Waals surface area contributed by atoms with Gasteiger partial charge in [-0.05, 0) is 12.8 Å². The second kappa shape index (κ2) is 4.94. The van der Waals surface area contributed by atoms with Crippen molar-refractivity contribution in [3.8, 4) is 0 Å². The van der Waals surface area contributed by atoms with Crippen molar-refractivity contribution in [1.29, 1.82) is 0 Å². The Morgan fingerprint density at radius 2 is 2.15 bits per heavy atom. The molecule has 0 radical (unpaired) electrons. The highest BCUT2D eigenvalue weighted by molar-refractivity contribution is 4.81. The third kappa shape index (κ3) is 3.63. The van der Waals surface area contributed by atoms with Crippen molar-refractivity contribution in [1.82, 2.24) is 10.2 Å². The molecule has 1 aliphatic rings. The van der Waals surface area contributed by atoms with E-state index >= 15 is 0 Å². The molecular weight excluding hydrogens is 162 g/mol. The largest absolute Gasteiger partial charge is 0.327 e. The molecule has 3 heteroatoms. The number of rotatable bonds is 3. The van der Waals surface area contributed by atoms with Gasteiger partial charge >= 0.3 is 0 Å². The first-order valence-electron chi connectivity index (χ1n) is 5.31. The van der Waals surface area contributed by atoms with Crippen molar-refractivity contribution in [3.05, 3.63) is 0 Å². The van der Waals surface area contributed by atoms with Crippen molar-refractivity contribution in [2.75, 3.05) is 26.2 Å². The van der Waals surface area contributed by atoms with E-state index in [2.05, 4.69) is 31.0 Å². The van der Waals surface area contributed by atoms with E-state index < -0.39 is 0 Å². The van der Waals surface area contributed by atoms with E-state index in [4.69, 9.17) is 5.73 Å². The standard InChI is InChI=1S/C10H23N3/c1-8(2)10-7-13(5-4-12-10)6-9(3)11/h8-10,12H,4-7,11H2,1-3H3/t9?,10-/m1/s1. The van der Waals surface area contributed by atoms with Crippen molar-refractivity contribution in [3.63, 3.8) is 0 Å². The Kier molecular flexibility index (Phi) is 4.16. The van der Waals surface area contributed by atoms with Gasteiger partial charge in [-0.1, -0.05) is 13.8 Å². The Morgan fingerprint density at radius 3 is 2.69 bits per heavy atom. The van der Waals surface area contributed by atoms with Crippen LogP contribution < -0.4 is 11.1 Å². The molecule has 13 heavy (non-hydrogen) atoms. The van der Waals surface area contributed by atoms with Gasteiger partial charge in [-0.25, -0.2) is 0 Å². The van der Waals surface area contributed by atoms with Crippen LogP contribution in [0.3, 0.4) is 0 Å². The van der Waals surface area contributed by atoms with Crippen LogP contribution in [0.2, 0.25) is 0 Å². The van der Waals surface area contributed by atoms with E-state index in [0.717, 1.165) is 32.1 Å². The quantitative estimate of drug-likeness (QED) is 0.663. The van der Waals surface area contributed by atoms with Crippen molar-refractivity contribution >= 4 is 0 Å². The molecule has 1 aliphatic heterocycles. The van der Waals surface area contributed by atoms with Crippen molar-refractivity contribution in [2.24, 2.45) is 11.7 Å². The molecule has 0 aromatic carbocycles. The summed E-state index contributed by atoms with van der Waals surface area (Å²) < 4.78 is 0. The lowest BCUT2D eigenvalue weighted by Crippen LogP contribution is -2.54. The van der Waals surface area contributed by atoms with E-state index in [1.54, 1.807) is 0 Å². The molecule has 0 aliphatic carbocycles. The second-order valence-corrected chi connectivity index (χ2v) is 4.54. The fraction of sp³-hybridized carbons (Fsp3) is 1.00. The fourth-order valence-corrected chi connectivity index (χ4v) is 1.86. The van der Waals surface area contributed by atoms with Crippen LogP contribution in [0.25, 0.3) is 0 Å². The summed E-state index contributed by atoms with van der Waals surface area (Å²) in [5.74, 6) is 0.718. The summed E-state index contributed by atoms with van der Waals surface area (Å²) in [6, 6.07) is 0.943. The molecule has 3 nitrogen and oxygen atoms in total. The van der Waals surface area contributed by atoms with Gasteiger partial charge in [-0.3, -0.25) is 4.90 Å². The molecule has 0 saturated carbocycles. The summed E-state index contributed by atoms with van der Waals surface area (Å²) >= 11 is 0. The van der Waals surface area contributed by atoms with Gasteiger partial charge in [0.15, 0.2) is 0 Å². The Hall–Kier alpha value is -0.120. The number of nitrogens with two attached hydrogens (primary N) is 1. The Balaban J connectivity index is 2.33. The highest BCUT2D eigenvalue weighted by Gasteiger charge is 2.21. The zero-order chi connectivity index (χ0) is 9.84. The lowest BCUT2D eigenvalue weighted by Gasteiger charge is -2.36. The third-order valence-corrected chi connectivity index (χ3v) is 2.64. The molecule has 1 unspecified atom stereocenters. The number of nitrogens with one attached hydrogen (secondary N) is 1. The Morgan fingerprint density at radius 1 is 1.46 bits per heavy atom. The van der Waals surface area contributed by atoms with Gasteiger partial charge in [-0.15, -0.1) is 0 Å². The highest BCUT2D eigenvalue weighted by Crippen LogP contribution is 2.07. The first-order chi connectivity index (χ1) is 6.09. The number of hydrogen-bond acceptors (Lipinski definition) is 3. The van der Waals surface area contributed by atoms with E-state index in [9.17, 15) is 0 Å². The molecule has 0 aromatic rings. The number of piperazine rings is 1. The molecular formula is C10H23N3. The van der Waals surface area contributed by atoms with Crippen LogP contribution in [0.4, 0.5) is 0 Å². The summed E-state index contributed by atoms with van der Waals surface area (Å²) in [7, 11) is 0. The summed E-state index contributed by atoms with van der Waals surface area (Å²) in [4.78, 5) is 2.46. The van der Waals surface area contributed by atoms with Crippen molar-refractivity contribution < 1.29 is 0 Å². The average Bonchev–Trinajstić information content (AvgIpc) is 2.03. The van der Waals surface area contributed by atoms with Gasteiger partial charge in [-0.2, -0.15) is 0 Å². The molecule has 0 bridgehead atoms. The van der Waals surface area contributed by atoms with E-state index in [0.29, 0.717) is 12.1 Å². The third-order valence-electron chi connectivity index (χ3n) is 2.64. The van der Waals surface area contributed by atoms with E-state index in [1.807, 2.05) is 0 Å². The van der Waals surface area contributed by atoms with Gasteiger partial charge in [0.1, 0.15) is 0 Å². The van der Waals surface area contributed by atoms with Gasteiger partial charge < -0.3 is 11.1 Å². The molecule has 1 rings (SSSR count). The number of nitrogens with zero attached hydrogens (tertiary/aromatic N) is 1. The predicted octanol–water partition coefficient (Wildman–Crippen LogP) is 0.263. The van der Waals surface area contributed by atoms with Crippen LogP contribution in [-0.2, 0) is 0 Å². The van der Waals surface area contributed by atoms with E-state index in [1.165, 1.54) is 0 Å². The molecule has 3 N–H and O–H groups in total. The number of hydrogen-bond donors (Lipinski definition) is 2. The van der Waals surface area contributed by atoms with Crippen LogP contribution in [0.15, 0.2) is 0 Å². The molecule has 0 spiro atoms.